The topological polar surface area (TPSA) is 49.7 Å². The second kappa shape index (κ2) is 5.37. The van der Waals surface area contributed by atoms with Gasteiger partial charge in [-0.3, -0.25) is 19.5 Å². The molecular formula is C15H15ClN2O2. The van der Waals surface area contributed by atoms with Crippen molar-refractivity contribution in [1.82, 2.24) is 4.90 Å². The Bertz CT molecular complexity index is 594. The highest BCUT2D eigenvalue weighted by molar-refractivity contribution is 6.30. The molecule has 3 rings (SSSR count). The van der Waals surface area contributed by atoms with E-state index in [2.05, 4.69) is 4.99 Å². The van der Waals surface area contributed by atoms with Gasteiger partial charge in [0.15, 0.2) is 0 Å². The van der Waals surface area contributed by atoms with Gasteiger partial charge in [0.25, 0.3) is 0 Å². The number of carbonyl (C=O) groups excluding carboxylic acids is 2. The maximum Gasteiger partial charge on any atom is 0.229 e. The largest absolute Gasteiger partial charge is 0.289 e. The summed E-state index contributed by atoms with van der Waals surface area (Å²) in [5, 5.41) is 0.731. The molecule has 104 valence electrons. The van der Waals surface area contributed by atoms with Crippen LogP contribution in [0.3, 0.4) is 0 Å². The van der Waals surface area contributed by atoms with E-state index in [4.69, 9.17) is 11.6 Å². The fraction of sp³-hybridized carbons (Fsp3) is 0.400. The molecule has 2 amide bonds. The maximum absolute atomic E-state index is 11.6. The highest BCUT2D eigenvalue weighted by Crippen LogP contribution is 2.22. The second-order valence-corrected chi connectivity index (χ2v) is 5.51. The first-order valence-corrected chi connectivity index (χ1v) is 7.18. The SMILES string of the molecule is O=C1CCC(=O)N1CCC1=NCCc2cc(Cl)ccc21. The molecule has 0 N–H and O–H groups in total. The van der Waals surface area contributed by atoms with Gasteiger partial charge in [0.1, 0.15) is 0 Å². The molecule has 0 aliphatic carbocycles. The van der Waals surface area contributed by atoms with Crippen molar-refractivity contribution >= 4 is 29.1 Å². The molecule has 0 radical (unpaired) electrons. The van der Waals surface area contributed by atoms with Crippen LogP contribution in [0.15, 0.2) is 23.2 Å². The van der Waals surface area contributed by atoms with Crippen LogP contribution < -0.4 is 0 Å². The van der Waals surface area contributed by atoms with Gasteiger partial charge >= 0.3 is 0 Å². The summed E-state index contributed by atoms with van der Waals surface area (Å²) >= 11 is 6.01. The van der Waals surface area contributed by atoms with Crippen LogP contribution in [0.2, 0.25) is 5.02 Å². The summed E-state index contributed by atoms with van der Waals surface area (Å²) in [6, 6.07) is 5.80. The summed E-state index contributed by atoms with van der Waals surface area (Å²) < 4.78 is 0. The average molecular weight is 291 g/mol. The van der Waals surface area contributed by atoms with E-state index in [0.717, 1.165) is 29.3 Å². The molecule has 0 spiro atoms. The van der Waals surface area contributed by atoms with E-state index in [-0.39, 0.29) is 11.8 Å². The Morgan fingerprint density at radius 3 is 2.65 bits per heavy atom. The Kier molecular flexibility index (Phi) is 3.57. The molecule has 0 saturated carbocycles. The van der Waals surface area contributed by atoms with Crippen LogP contribution in [0.4, 0.5) is 0 Å². The minimum Gasteiger partial charge on any atom is -0.289 e. The Labute approximate surface area is 122 Å². The number of hydrogen-bond donors (Lipinski definition) is 0. The van der Waals surface area contributed by atoms with Crippen molar-refractivity contribution in [2.24, 2.45) is 4.99 Å². The number of fused-ring (bicyclic) bond motifs is 1. The first kappa shape index (κ1) is 13.3. The van der Waals surface area contributed by atoms with E-state index >= 15 is 0 Å². The molecule has 5 heteroatoms. The number of likely N-dealkylation sites (tertiary alicyclic amines) is 1. The van der Waals surface area contributed by atoms with E-state index in [1.807, 2.05) is 18.2 Å². The van der Waals surface area contributed by atoms with E-state index in [1.165, 1.54) is 10.5 Å². The first-order valence-electron chi connectivity index (χ1n) is 6.80. The van der Waals surface area contributed by atoms with Gasteiger partial charge in [-0.05, 0) is 29.7 Å². The normalized spacial score (nSPS) is 18.2. The van der Waals surface area contributed by atoms with Crippen molar-refractivity contribution < 1.29 is 9.59 Å². The van der Waals surface area contributed by atoms with Crippen LogP contribution in [-0.4, -0.2) is 35.5 Å². The van der Waals surface area contributed by atoms with E-state index in [9.17, 15) is 9.59 Å². The van der Waals surface area contributed by atoms with Gasteiger partial charge < -0.3 is 0 Å². The number of nitrogens with zero attached hydrogens (tertiary/aromatic N) is 2. The van der Waals surface area contributed by atoms with Crippen molar-refractivity contribution in [3.05, 3.63) is 34.3 Å². The third-order valence-corrected chi connectivity index (χ3v) is 4.02. The second-order valence-electron chi connectivity index (χ2n) is 5.07. The fourth-order valence-electron chi connectivity index (χ4n) is 2.75. The molecule has 1 fully saturated rings. The minimum absolute atomic E-state index is 0.0669. The zero-order valence-corrected chi connectivity index (χ0v) is 11.8. The van der Waals surface area contributed by atoms with E-state index in [1.54, 1.807) is 0 Å². The zero-order chi connectivity index (χ0) is 14.1. The molecule has 20 heavy (non-hydrogen) atoms. The molecule has 4 nitrogen and oxygen atoms in total. The average Bonchev–Trinajstić information content (AvgIpc) is 2.75. The number of rotatable bonds is 3. The quantitative estimate of drug-likeness (QED) is 0.802. The molecule has 1 saturated heterocycles. The lowest BCUT2D eigenvalue weighted by molar-refractivity contribution is -0.138. The Morgan fingerprint density at radius 2 is 1.90 bits per heavy atom. The summed E-state index contributed by atoms with van der Waals surface area (Å²) in [7, 11) is 0. The summed E-state index contributed by atoms with van der Waals surface area (Å²) in [5.74, 6) is -0.134. The first-order chi connectivity index (χ1) is 9.65. The van der Waals surface area contributed by atoms with Crippen molar-refractivity contribution in [2.45, 2.75) is 25.7 Å². The third-order valence-electron chi connectivity index (χ3n) is 3.79. The van der Waals surface area contributed by atoms with Gasteiger partial charge in [0.2, 0.25) is 11.8 Å². The molecule has 1 aromatic rings. The summed E-state index contributed by atoms with van der Waals surface area (Å²) in [6.45, 7) is 1.17. The number of amides is 2. The zero-order valence-electron chi connectivity index (χ0n) is 11.1. The van der Waals surface area contributed by atoms with Crippen molar-refractivity contribution in [2.75, 3.05) is 13.1 Å². The van der Waals surface area contributed by atoms with Gasteiger partial charge in [-0.25, -0.2) is 0 Å². The predicted octanol–water partition coefficient (Wildman–Crippen LogP) is 2.22. The predicted molar refractivity (Wildman–Crippen MR) is 77.1 cm³/mol. The number of benzene rings is 1. The smallest absolute Gasteiger partial charge is 0.229 e. The summed E-state index contributed by atoms with van der Waals surface area (Å²) in [5.41, 5.74) is 3.26. The Hall–Kier alpha value is -1.68. The number of carbonyl (C=O) groups is 2. The van der Waals surface area contributed by atoms with Crippen LogP contribution in [0.1, 0.15) is 30.4 Å². The van der Waals surface area contributed by atoms with Crippen LogP contribution in [0, 0.1) is 0 Å². The summed E-state index contributed by atoms with van der Waals surface area (Å²) in [4.78, 5) is 29.1. The molecule has 0 atom stereocenters. The van der Waals surface area contributed by atoms with Crippen LogP contribution >= 0.6 is 11.6 Å². The van der Waals surface area contributed by atoms with E-state index < -0.39 is 0 Å². The minimum atomic E-state index is -0.0669. The molecule has 1 aromatic carbocycles. The standard InChI is InChI=1S/C15H15ClN2O2/c16-11-1-2-12-10(9-11)5-7-17-13(12)6-8-18-14(19)3-4-15(18)20/h1-2,9H,3-8H2. The molecule has 2 aliphatic heterocycles. The highest BCUT2D eigenvalue weighted by atomic mass is 35.5. The van der Waals surface area contributed by atoms with Crippen LogP contribution in [0.5, 0.6) is 0 Å². The van der Waals surface area contributed by atoms with E-state index in [0.29, 0.717) is 25.8 Å². The molecule has 2 heterocycles. The van der Waals surface area contributed by atoms with Gasteiger partial charge in [-0.2, -0.15) is 0 Å². The number of hydrogen-bond acceptors (Lipinski definition) is 3. The van der Waals surface area contributed by atoms with Crippen LogP contribution in [0.25, 0.3) is 0 Å². The Morgan fingerprint density at radius 1 is 1.15 bits per heavy atom. The molecule has 0 bridgehead atoms. The van der Waals surface area contributed by atoms with Crippen molar-refractivity contribution in [3.63, 3.8) is 0 Å². The Balaban J connectivity index is 1.74. The molecule has 0 unspecified atom stereocenters. The number of halogens is 1. The summed E-state index contributed by atoms with van der Waals surface area (Å²) in [6.07, 6.45) is 2.20. The maximum atomic E-state index is 11.6. The van der Waals surface area contributed by atoms with Crippen LogP contribution in [-0.2, 0) is 16.0 Å². The lowest BCUT2D eigenvalue weighted by Crippen LogP contribution is -2.31. The van der Waals surface area contributed by atoms with Gasteiger partial charge in [-0.1, -0.05) is 17.7 Å². The van der Waals surface area contributed by atoms with Gasteiger partial charge in [0, 0.05) is 43.1 Å². The number of imide groups is 1. The van der Waals surface area contributed by atoms with Gasteiger partial charge in [-0.15, -0.1) is 0 Å². The van der Waals surface area contributed by atoms with Crippen molar-refractivity contribution in [1.29, 1.82) is 0 Å². The monoisotopic (exact) mass is 290 g/mol. The lowest BCUT2D eigenvalue weighted by atomic mass is 9.96. The molecule has 2 aliphatic rings. The molecular weight excluding hydrogens is 276 g/mol. The molecule has 0 aromatic heterocycles. The highest BCUT2D eigenvalue weighted by Gasteiger charge is 2.29. The number of aliphatic imine (C=N–C) groups is 1. The fourth-order valence-corrected chi connectivity index (χ4v) is 2.95. The van der Waals surface area contributed by atoms with Gasteiger partial charge in [0.05, 0.1) is 0 Å². The lowest BCUT2D eigenvalue weighted by Gasteiger charge is -2.19. The third kappa shape index (κ3) is 2.48. The van der Waals surface area contributed by atoms with Crippen molar-refractivity contribution in [3.8, 4) is 0 Å².